The number of nitrogens with zero attached hydrogens (tertiary/aromatic N) is 2. The summed E-state index contributed by atoms with van der Waals surface area (Å²) < 4.78 is 11.6. The van der Waals surface area contributed by atoms with E-state index in [4.69, 9.17) is 9.15 Å². The highest BCUT2D eigenvalue weighted by Gasteiger charge is 2.42. The molecule has 2 saturated heterocycles. The van der Waals surface area contributed by atoms with Gasteiger partial charge in [0.25, 0.3) is 5.91 Å². The standard InChI is InChI=1S/C25H33N3O4/c1-17(23(29)28-14-13-27(2)25(16-28)9-11-26-12-10-25)31-18-7-8-20-19-5-3-4-6-21(19)24(30)32-22(20)15-18/h7-8,15,17,26H,3-6,9-14,16H2,1-2H3. The number of carbonyl (C=O) groups is 1. The fraction of sp³-hybridized carbons (Fsp3) is 0.600. The molecular formula is C25H33N3O4. The van der Waals surface area contributed by atoms with E-state index >= 15 is 0 Å². The predicted octanol–water partition coefficient (Wildman–Crippen LogP) is 2.34. The van der Waals surface area contributed by atoms with Gasteiger partial charge in [0.05, 0.1) is 0 Å². The zero-order valence-electron chi connectivity index (χ0n) is 19.1. The van der Waals surface area contributed by atoms with Crippen molar-refractivity contribution < 1.29 is 13.9 Å². The van der Waals surface area contributed by atoms with Crippen molar-refractivity contribution >= 4 is 16.9 Å². The van der Waals surface area contributed by atoms with Crippen LogP contribution in [-0.4, -0.2) is 67.1 Å². The average molecular weight is 440 g/mol. The van der Waals surface area contributed by atoms with Crippen LogP contribution in [0.25, 0.3) is 11.0 Å². The number of aryl methyl sites for hydroxylation is 1. The van der Waals surface area contributed by atoms with Gasteiger partial charge in [-0.05, 0) is 83.3 Å². The first-order valence-electron chi connectivity index (χ1n) is 11.9. The third kappa shape index (κ3) is 3.82. The van der Waals surface area contributed by atoms with Crippen LogP contribution in [0.5, 0.6) is 5.75 Å². The fourth-order valence-electron chi connectivity index (χ4n) is 5.69. The molecule has 0 saturated carbocycles. The third-order valence-corrected chi connectivity index (χ3v) is 7.70. The fourth-order valence-corrected chi connectivity index (χ4v) is 5.69. The molecule has 7 heteroatoms. The van der Waals surface area contributed by atoms with Crippen molar-refractivity contribution in [2.75, 3.05) is 39.8 Å². The van der Waals surface area contributed by atoms with Crippen molar-refractivity contribution in [2.24, 2.45) is 0 Å². The topological polar surface area (TPSA) is 75.0 Å². The Kier molecular flexibility index (Phi) is 5.72. The third-order valence-electron chi connectivity index (χ3n) is 7.70. The Bertz CT molecular complexity index is 1070. The molecule has 3 heterocycles. The molecule has 1 atom stereocenters. The Morgan fingerprint density at radius 3 is 2.69 bits per heavy atom. The molecule has 1 N–H and O–H groups in total. The van der Waals surface area contributed by atoms with Crippen LogP contribution in [0, 0.1) is 0 Å². The Hall–Kier alpha value is -2.38. The summed E-state index contributed by atoms with van der Waals surface area (Å²) in [6.45, 7) is 6.13. The Morgan fingerprint density at radius 1 is 1.16 bits per heavy atom. The van der Waals surface area contributed by atoms with E-state index in [0.717, 1.165) is 87.8 Å². The van der Waals surface area contributed by atoms with Gasteiger partial charge >= 0.3 is 5.63 Å². The summed E-state index contributed by atoms with van der Waals surface area (Å²) in [7, 11) is 2.18. The van der Waals surface area contributed by atoms with Gasteiger partial charge in [0, 0.05) is 42.2 Å². The summed E-state index contributed by atoms with van der Waals surface area (Å²) in [4.78, 5) is 30.1. The first-order valence-corrected chi connectivity index (χ1v) is 11.9. The summed E-state index contributed by atoms with van der Waals surface area (Å²) in [5, 5.41) is 4.41. The second kappa shape index (κ2) is 8.52. The molecule has 32 heavy (non-hydrogen) atoms. The maximum absolute atomic E-state index is 13.2. The van der Waals surface area contributed by atoms with Crippen molar-refractivity contribution in [2.45, 2.75) is 57.1 Å². The van der Waals surface area contributed by atoms with E-state index in [9.17, 15) is 9.59 Å². The minimum atomic E-state index is -0.598. The lowest BCUT2D eigenvalue weighted by Gasteiger charge is -2.51. The number of benzene rings is 1. The van der Waals surface area contributed by atoms with Crippen LogP contribution in [0.2, 0.25) is 0 Å². The van der Waals surface area contributed by atoms with Crippen molar-refractivity contribution in [1.82, 2.24) is 15.1 Å². The van der Waals surface area contributed by atoms with Gasteiger partial charge in [-0.2, -0.15) is 0 Å². The molecule has 7 nitrogen and oxygen atoms in total. The van der Waals surface area contributed by atoms with Crippen LogP contribution < -0.4 is 15.7 Å². The Morgan fingerprint density at radius 2 is 1.91 bits per heavy atom. The Balaban J connectivity index is 1.32. The second-order valence-electron chi connectivity index (χ2n) is 9.63. The number of fused-ring (bicyclic) bond motifs is 3. The highest BCUT2D eigenvalue weighted by atomic mass is 16.5. The van der Waals surface area contributed by atoms with E-state index in [0.29, 0.717) is 11.3 Å². The maximum Gasteiger partial charge on any atom is 0.339 e. The zero-order valence-corrected chi connectivity index (χ0v) is 19.1. The van der Waals surface area contributed by atoms with Crippen molar-refractivity contribution in [3.8, 4) is 5.75 Å². The van der Waals surface area contributed by atoms with Crippen LogP contribution in [0.4, 0.5) is 0 Å². The SMILES string of the molecule is CC(Oc1ccc2c3c(c(=O)oc2c1)CCCC3)C(=O)N1CCN(C)C2(CCNCC2)C1. The molecule has 2 aliphatic heterocycles. The molecule has 1 aliphatic carbocycles. The van der Waals surface area contributed by atoms with Crippen LogP contribution in [0.15, 0.2) is 27.4 Å². The molecule has 1 amide bonds. The van der Waals surface area contributed by atoms with Gasteiger partial charge in [-0.1, -0.05) is 0 Å². The van der Waals surface area contributed by atoms with E-state index in [1.807, 2.05) is 24.0 Å². The molecule has 2 aromatic rings. The molecular weight excluding hydrogens is 406 g/mol. The molecule has 3 aliphatic rings. The number of piperidine rings is 1. The van der Waals surface area contributed by atoms with E-state index in [2.05, 4.69) is 17.3 Å². The molecule has 1 unspecified atom stereocenters. The first-order chi connectivity index (χ1) is 15.5. The maximum atomic E-state index is 13.2. The number of likely N-dealkylation sites (N-methyl/N-ethyl adjacent to an activating group) is 1. The lowest BCUT2D eigenvalue weighted by Crippen LogP contribution is -2.65. The van der Waals surface area contributed by atoms with Crippen LogP contribution in [0.1, 0.15) is 43.7 Å². The largest absolute Gasteiger partial charge is 0.481 e. The highest BCUT2D eigenvalue weighted by Crippen LogP contribution is 2.31. The number of nitrogens with one attached hydrogen (secondary N) is 1. The van der Waals surface area contributed by atoms with E-state index in [1.54, 1.807) is 6.07 Å². The predicted molar refractivity (Wildman–Crippen MR) is 123 cm³/mol. The number of amides is 1. The summed E-state index contributed by atoms with van der Waals surface area (Å²) >= 11 is 0. The summed E-state index contributed by atoms with van der Waals surface area (Å²) in [6, 6.07) is 5.61. The normalized spacial score (nSPS) is 22.0. The van der Waals surface area contributed by atoms with Gasteiger partial charge < -0.3 is 19.4 Å². The Labute approximate surface area is 188 Å². The van der Waals surface area contributed by atoms with Crippen molar-refractivity contribution in [3.63, 3.8) is 0 Å². The summed E-state index contributed by atoms with van der Waals surface area (Å²) in [5.41, 5.74) is 2.30. The van der Waals surface area contributed by atoms with Gasteiger partial charge in [0.15, 0.2) is 6.10 Å². The number of rotatable bonds is 3. The minimum Gasteiger partial charge on any atom is -0.481 e. The monoisotopic (exact) mass is 439 g/mol. The van der Waals surface area contributed by atoms with E-state index in [-0.39, 0.29) is 17.1 Å². The first kappa shape index (κ1) is 21.5. The smallest absolute Gasteiger partial charge is 0.339 e. The number of hydrogen-bond donors (Lipinski definition) is 1. The van der Waals surface area contributed by atoms with Crippen molar-refractivity contribution in [1.29, 1.82) is 0 Å². The number of ether oxygens (including phenoxy) is 1. The second-order valence-corrected chi connectivity index (χ2v) is 9.63. The van der Waals surface area contributed by atoms with E-state index in [1.165, 1.54) is 0 Å². The number of piperazine rings is 1. The molecule has 1 aromatic heterocycles. The number of carbonyl (C=O) groups excluding carboxylic acids is 1. The molecule has 5 rings (SSSR count). The lowest BCUT2D eigenvalue weighted by molar-refractivity contribution is -0.144. The van der Waals surface area contributed by atoms with Crippen LogP contribution >= 0.6 is 0 Å². The van der Waals surface area contributed by atoms with Gasteiger partial charge in [-0.3, -0.25) is 9.69 Å². The van der Waals surface area contributed by atoms with Gasteiger partial charge in [0.1, 0.15) is 11.3 Å². The molecule has 172 valence electrons. The van der Waals surface area contributed by atoms with E-state index < -0.39 is 6.10 Å². The zero-order chi connectivity index (χ0) is 22.3. The van der Waals surface area contributed by atoms with Gasteiger partial charge in [0.2, 0.25) is 0 Å². The average Bonchev–Trinajstić information content (AvgIpc) is 2.81. The molecule has 1 aromatic carbocycles. The van der Waals surface area contributed by atoms with Gasteiger partial charge in [-0.15, -0.1) is 0 Å². The van der Waals surface area contributed by atoms with Crippen LogP contribution in [0.3, 0.4) is 0 Å². The lowest BCUT2D eigenvalue weighted by atomic mass is 9.84. The van der Waals surface area contributed by atoms with Crippen molar-refractivity contribution in [3.05, 3.63) is 39.7 Å². The van der Waals surface area contributed by atoms with Gasteiger partial charge in [-0.25, -0.2) is 4.79 Å². The summed E-state index contributed by atoms with van der Waals surface area (Å²) in [5.74, 6) is 0.575. The quantitative estimate of drug-likeness (QED) is 0.740. The number of hydrogen-bond acceptors (Lipinski definition) is 6. The molecule has 2 fully saturated rings. The molecule has 1 spiro atoms. The van der Waals surface area contributed by atoms with Crippen LogP contribution in [-0.2, 0) is 17.6 Å². The highest BCUT2D eigenvalue weighted by molar-refractivity contribution is 5.84. The minimum absolute atomic E-state index is 0.0167. The molecule has 0 bridgehead atoms. The molecule has 0 radical (unpaired) electrons. The summed E-state index contributed by atoms with van der Waals surface area (Å²) in [6.07, 6.45) is 5.34.